The molecule has 0 bridgehead atoms. The number of pyridine rings is 1. The number of carbonyl (C=O) groups is 1. The number of hydrogen-bond acceptors (Lipinski definition) is 4. The zero-order chi connectivity index (χ0) is 14.5. The molecule has 0 aliphatic carbocycles. The Morgan fingerprint density at radius 3 is 2.80 bits per heavy atom. The Balaban J connectivity index is 2.33. The summed E-state index contributed by atoms with van der Waals surface area (Å²) in [6, 6.07) is 9.35. The number of aromatic nitrogens is 1. The third-order valence-corrected chi connectivity index (χ3v) is 3.17. The highest BCUT2D eigenvalue weighted by atomic mass is 16.1. The average molecular weight is 270 g/mol. The molecule has 0 saturated carbocycles. The van der Waals surface area contributed by atoms with E-state index in [1.165, 1.54) is 0 Å². The van der Waals surface area contributed by atoms with Crippen LogP contribution >= 0.6 is 0 Å². The number of para-hydroxylation sites is 1. The second-order valence-corrected chi connectivity index (χ2v) is 4.46. The first-order valence-corrected chi connectivity index (χ1v) is 6.48. The van der Waals surface area contributed by atoms with E-state index in [0.717, 1.165) is 23.2 Å². The molecule has 20 heavy (non-hydrogen) atoms. The molecule has 2 rings (SSSR count). The smallest absolute Gasteiger partial charge is 0.259 e. The van der Waals surface area contributed by atoms with Gasteiger partial charge in [-0.2, -0.15) is 0 Å². The zero-order valence-electron chi connectivity index (χ0n) is 11.6. The van der Waals surface area contributed by atoms with Gasteiger partial charge in [0.05, 0.1) is 5.56 Å². The number of nitrogens with zero attached hydrogens (tertiary/aromatic N) is 1. The van der Waals surface area contributed by atoms with Crippen LogP contribution in [0.25, 0.3) is 0 Å². The summed E-state index contributed by atoms with van der Waals surface area (Å²) in [5.41, 5.74) is 5.84. The molecule has 0 aliphatic rings. The van der Waals surface area contributed by atoms with Gasteiger partial charge in [0.1, 0.15) is 0 Å². The predicted octanol–water partition coefficient (Wildman–Crippen LogP) is 2.49. The molecule has 104 valence electrons. The predicted molar refractivity (Wildman–Crippen MR) is 80.6 cm³/mol. The second-order valence-electron chi connectivity index (χ2n) is 4.46. The van der Waals surface area contributed by atoms with Gasteiger partial charge in [-0.3, -0.25) is 4.79 Å². The number of amides is 1. The van der Waals surface area contributed by atoms with Crippen molar-refractivity contribution in [1.82, 2.24) is 4.98 Å². The Labute approximate surface area is 118 Å². The van der Waals surface area contributed by atoms with E-state index in [1.807, 2.05) is 25.1 Å². The molecule has 0 fully saturated rings. The van der Waals surface area contributed by atoms with E-state index in [9.17, 15) is 4.79 Å². The number of nitrogens with two attached hydrogens (primary N) is 1. The zero-order valence-corrected chi connectivity index (χ0v) is 11.6. The Morgan fingerprint density at radius 2 is 2.10 bits per heavy atom. The SMILES string of the molecule is CCc1cccc(C)c1NC(=O)c1cccnc1NN. The van der Waals surface area contributed by atoms with Crippen molar-refractivity contribution in [3.05, 3.63) is 53.2 Å². The second kappa shape index (κ2) is 6.16. The number of nitrogens with one attached hydrogen (secondary N) is 2. The topological polar surface area (TPSA) is 80.0 Å². The minimum Gasteiger partial charge on any atom is -0.321 e. The van der Waals surface area contributed by atoms with E-state index >= 15 is 0 Å². The maximum absolute atomic E-state index is 12.4. The first-order chi connectivity index (χ1) is 9.67. The molecule has 1 aromatic carbocycles. The number of rotatable bonds is 4. The van der Waals surface area contributed by atoms with Crippen molar-refractivity contribution in [2.75, 3.05) is 10.7 Å². The van der Waals surface area contributed by atoms with E-state index in [-0.39, 0.29) is 5.91 Å². The van der Waals surface area contributed by atoms with E-state index < -0.39 is 0 Å². The lowest BCUT2D eigenvalue weighted by atomic mass is 10.1. The van der Waals surface area contributed by atoms with Crippen LogP contribution in [-0.4, -0.2) is 10.9 Å². The van der Waals surface area contributed by atoms with Gasteiger partial charge in [0.2, 0.25) is 0 Å². The molecule has 0 saturated heterocycles. The third kappa shape index (κ3) is 2.78. The van der Waals surface area contributed by atoms with Crippen LogP contribution in [0.5, 0.6) is 0 Å². The Morgan fingerprint density at radius 1 is 1.30 bits per heavy atom. The van der Waals surface area contributed by atoms with Gasteiger partial charge in [0, 0.05) is 11.9 Å². The van der Waals surface area contributed by atoms with Gasteiger partial charge in [-0.05, 0) is 36.6 Å². The van der Waals surface area contributed by atoms with Crippen LogP contribution in [0.3, 0.4) is 0 Å². The number of hydrogen-bond donors (Lipinski definition) is 3. The summed E-state index contributed by atoms with van der Waals surface area (Å²) in [6.07, 6.45) is 2.43. The van der Waals surface area contributed by atoms with Crippen molar-refractivity contribution >= 4 is 17.4 Å². The molecule has 0 atom stereocenters. The maximum atomic E-state index is 12.4. The largest absolute Gasteiger partial charge is 0.321 e. The highest BCUT2D eigenvalue weighted by Gasteiger charge is 2.14. The van der Waals surface area contributed by atoms with Crippen molar-refractivity contribution in [1.29, 1.82) is 0 Å². The van der Waals surface area contributed by atoms with E-state index in [4.69, 9.17) is 5.84 Å². The fourth-order valence-corrected chi connectivity index (χ4v) is 2.09. The molecule has 4 N–H and O–H groups in total. The number of anilines is 2. The molecule has 0 aliphatic heterocycles. The molecule has 5 nitrogen and oxygen atoms in total. The first kappa shape index (κ1) is 14.0. The number of hydrazine groups is 1. The van der Waals surface area contributed by atoms with Gasteiger partial charge in [0.25, 0.3) is 5.91 Å². The standard InChI is InChI=1S/C15H18N4O/c1-3-11-7-4-6-10(2)13(11)18-15(20)12-8-5-9-17-14(12)19-16/h4-9H,3,16H2,1-2H3,(H,17,19)(H,18,20). The maximum Gasteiger partial charge on any atom is 0.259 e. The summed E-state index contributed by atoms with van der Waals surface area (Å²) in [4.78, 5) is 16.4. The monoisotopic (exact) mass is 270 g/mol. The lowest BCUT2D eigenvalue weighted by molar-refractivity contribution is 0.102. The third-order valence-electron chi connectivity index (χ3n) is 3.17. The lowest BCUT2D eigenvalue weighted by Gasteiger charge is -2.14. The van der Waals surface area contributed by atoms with Crippen molar-refractivity contribution < 1.29 is 4.79 Å². The van der Waals surface area contributed by atoms with Crippen molar-refractivity contribution in [3.63, 3.8) is 0 Å². The fourth-order valence-electron chi connectivity index (χ4n) is 2.09. The highest BCUT2D eigenvalue weighted by Crippen LogP contribution is 2.22. The van der Waals surface area contributed by atoms with Crippen LogP contribution in [0, 0.1) is 6.92 Å². The van der Waals surface area contributed by atoms with E-state index in [0.29, 0.717) is 11.4 Å². The molecule has 5 heteroatoms. The molecule has 0 spiro atoms. The number of carbonyl (C=O) groups excluding carboxylic acids is 1. The number of benzene rings is 1. The average Bonchev–Trinajstić information content (AvgIpc) is 2.49. The molecule has 1 aromatic heterocycles. The quantitative estimate of drug-likeness (QED) is 0.589. The van der Waals surface area contributed by atoms with Gasteiger partial charge in [0.15, 0.2) is 5.82 Å². The fraction of sp³-hybridized carbons (Fsp3) is 0.200. The highest BCUT2D eigenvalue weighted by molar-refractivity contribution is 6.08. The summed E-state index contributed by atoms with van der Waals surface area (Å²) in [5, 5.41) is 2.95. The van der Waals surface area contributed by atoms with Crippen LogP contribution in [0.15, 0.2) is 36.5 Å². The minimum absolute atomic E-state index is 0.227. The molecule has 1 amide bonds. The van der Waals surface area contributed by atoms with Crippen molar-refractivity contribution in [2.24, 2.45) is 5.84 Å². The van der Waals surface area contributed by atoms with Crippen LogP contribution in [0.4, 0.5) is 11.5 Å². The van der Waals surface area contributed by atoms with Crippen molar-refractivity contribution in [2.45, 2.75) is 20.3 Å². The molecular formula is C15H18N4O. The van der Waals surface area contributed by atoms with Gasteiger partial charge in [-0.25, -0.2) is 10.8 Å². The van der Waals surface area contributed by atoms with Gasteiger partial charge >= 0.3 is 0 Å². The Bertz CT molecular complexity index is 625. The summed E-state index contributed by atoms with van der Waals surface area (Å²) in [6.45, 7) is 4.03. The van der Waals surface area contributed by atoms with Gasteiger partial charge in [-0.1, -0.05) is 25.1 Å². The molecule has 0 radical (unpaired) electrons. The number of aryl methyl sites for hydroxylation is 2. The Kier molecular flexibility index (Phi) is 4.32. The summed E-state index contributed by atoms with van der Waals surface area (Å²) >= 11 is 0. The molecule has 1 heterocycles. The summed E-state index contributed by atoms with van der Waals surface area (Å²) in [5.74, 6) is 5.51. The van der Waals surface area contributed by atoms with E-state index in [1.54, 1.807) is 18.3 Å². The minimum atomic E-state index is -0.227. The normalized spacial score (nSPS) is 10.2. The van der Waals surface area contributed by atoms with Crippen LogP contribution in [0.2, 0.25) is 0 Å². The number of nitrogen functional groups attached to an aromatic ring is 1. The van der Waals surface area contributed by atoms with E-state index in [2.05, 4.69) is 22.7 Å². The lowest BCUT2D eigenvalue weighted by Crippen LogP contribution is -2.19. The van der Waals surface area contributed by atoms with Gasteiger partial charge in [-0.15, -0.1) is 0 Å². The first-order valence-electron chi connectivity index (χ1n) is 6.48. The Hall–Kier alpha value is -2.40. The van der Waals surface area contributed by atoms with Crippen LogP contribution < -0.4 is 16.6 Å². The molecule has 0 unspecified atom stereocenters. The summed E-state index contributed by atoms with van der Waals surface area (Å²) < 4.78 is 0. The summed E-state index contributed by atoms with van der Waals surface area (Å²) in [7, 11) is 0. The molecule has 2 aromatic rings. The molecular weight excluding hydrogens is 252 g/mol. The van der Waals surface area contributed by atoms with Crippen LogP contribution in [0.1, 0.15) is 28.4 Å². The van der Waals surface area contributed by atoms with Crippen LogP contribution in [-0.2, 0) is 6.42 Å². The van der Waals surface area contributed by atoms with Gasteiger partial charge < -0.3 is 10.7 Å². The van der Waals surface area contributed by atoms with Crippen molar-refractivity contribution in [3.8, 4) is 0 Å².